The lowest BCUT2D eigenvalue weighted by Gasteiger charge is -2.13. The summed E-state index contributed by atoms with van der Waals surface area (Å²) in [6.07, 6.45) is -0.640. The second kappa shape index (κ2) is 4.87. The Kier molecular flexibility index (Phi) is 4.49. The van der Waals surface area contributed by atoms with Crippen molar-refractivity contribution in [1.82, 2.24) is 5.32 Å². The molecule has 0 aliphatic rings. The molecule has 4 heteroatoms. The van der Waals surface area contributed by atoms with Crippen molar-refractivity contribution in [2.75, 3.05) is 13.7 Å². The second-order valence-corrected chi connectivity index (χ2v) is 2.16. The van der Waals surface area contributed by atoms with Crippen LogP contribution in [0.25, 0.3) is 0 Å². The van der Waals surface area contributed by atoms with Gasteiger partial charge < -0.3 is 15.2 Å². The molecule has 4 nitrogen and oxygen atoms in total. The molecule has 1 unspecified atom stereocenters. The summed E-state index contributed by atoms with van der Waals surface area (Å²) in [7, 11) is 1.40. The second-order valence-electron chi connectivity index (χ2n) is 2.16. The molecule has 2 N–H and O–H groups in total. The summed E-state index contributed by atoms with van der Waals surface area (Å²) in [5, 5.41) is 11.0. The summed E-state index contributed by atoms with van der Waals surface area (Å²) in [6, 6.07) is 0. The van der Waals surface area contributed by atoms with Gasteiger partial charge in [0.2, 0.25) is 5.91 Å². The minimum Gasteiger partial charge on any atom is -0.392 e. The van der Waals surface area contributed by atoms with E-state index < -0.39 is 6.23 Å². The van der Waals surface area contributed by atoms with Crippen LogP contribution in [0.2, 0.25) is 0 Å². The Labute approximate surface area is 65.9 Å². The van der Waals surface area contributed by atoms with E-state index in [1.807, 2.05) is 0 Å². The van der Waals surface area contributed by atoms with Crippen molar-refractivity contribution >= 4 is 5.91 Å². The zero-order chi connectivity index (χ0) is 8.85. The Bertz CT molecular complexity index is 152. The molecule has 0 aromatic rings. The monoisotopic (exact) mass is 159 g/mol. The molecule has 0 aromatic heterocycles. The first-order valence-electron chi connectivity index (χ1n) is 3.21. The highest BCUT2D eigenvalue weighted by Gasteiger charge is 2.08. The molecular weight excluding hydrogens is 146 g/mol. The molecule has 0 rings (SSSR count). The molecule has 0 heterocycles. The maximum Gasteiger partial charge on any atom is 0.248 e. The lowest BCUT2D eigenvalue weighted by Crippen LogP contribution is -2.38. The molecule has 0 fully saturated rings. The Morgan fingerprint density at radius 3 is 2.64 bits per heavy atom. The van der Waals surface area contributed by atoms with E-state index in [2.05, 4.69) is 11.9 Å². The number of aliphatic hydroxyl groups excluding tert-OH is 1. The minimum atomic E-state index is -0.640. The van der Waals surface area contributed by atoms with Crippen LogP contribution in [0.1, 0.15) is 6.92 Å². The number of nitrogens with one attached hydrogen (secondary N) is 1. The smallest absolute Gasteiger partial charge is 0.248 e. The largest absolute Gasteiger partial charge is 0.392 e. The van der Waals surface area contributed by atoms with Gasteiger partial charge in [-0.2, -0.15) is 0 Å². The fourth-order valence-corrected chi connectivity index (χ4v) is 0.449. The van der Waals surface area contributed by atoms with Gasteiger partial charge in [-0.05, 0) is 6.92 Å². The average Bonchev–Trinajstić information content (AvgIpc) is 1.99. The summed E-state index contributed by atoms with van der Waals surface area (Å²) in [6.45, 7) is 4.77. The summed E-state index contributed by atoms with van der Waals surface area (Å²) in [5.74, 6) is -0.314. The van der Waals surface area contributed by atoms with Crippen LogP contribution in [0.4, 0.5) is 0 Å². The van der Waals surface area contributed by atoms with E-state index in [-0.39, 0.29) is 12.5 Å². The number of methoxy groups -OCH3 is 1. The molecule has 11 heavy (non-hydrogen) atoms. The lowest BCUT2D eigenvalue weighted by molar-refractivity contribution is -0.122. The lowest BCUT2D eigenvalue weighted by atomic mass is 10.3. The summed E-state index contributed by atoms with van der Waals surface area (Å²) >= 11 is 0. The van der Waals surface area contributed by atoms with Crippen molar-refractivity contribution in [1.29, 1.82) is 0 Å². The Morgan fingerprint density at radius 2 is 2.36 bits per heavy atom. The van der Waals surface area contributed by atoms with E-state index in [0.29, 0.717) is 5.57 Å². The van der Waals surface area contributed by atoms with Gasteiger partial charge in [0.1, 0.15) is 0 Å². The van der Waals surface area contributed by atoms with Crippen LogP contribution in [0.15, 0.2) is 12.2 Å². The molecule has 0 saturated heterocycles. The molecule has 0 aromatic carbocycles. The number of carbonyl (C=O) groups is 1. The third kappa shape index (κ3) is 3.75. The molecular formula is C7H13NO3. The Balaban J connectivity index is 3.81. The highest BCUT2D eigenvalue weighted by atomic mass is 16.5. The van der Waals surface area contributed by atoms with Gasteiger partial charge in [0, 0.05) is 12.7 Å². The molecule has 0 aliphatic carbocycles. The predicted molar refractivity (Wildman–Crippen MR) is 40.8 cm³/mol. The van der Waals surface area contributed by atoms with Gasteiger partial charge in [-0.1, -0.05) is 6.58 Å². The van der Waals surface area contributed by atoms with Crippen molar-refractivity contribution in [2.24, 2.45) is 0 Å². The molecule has 0 bridgehead atoms. The third-order valence-electron chi connectivity index (χ3n) is 1.13. The highest BCUT2D eigenvalue weighted by molar-refractivity contribution is 5.92. The quantitative estimate of drug-likeness (QED) is 0.435. The number of carbonyl (C=O) groups excluding carboxylic acids is 1. The van der Waals surface area contributed by atoms with Crippen molar-refractivity contribution in [3.63, 3.8) is 0 Å². The fourth-order valence-electron chi connectivity index (χ4n) is 0.449. The molecule has 0 aliphatic heterocycles. The van der Waals surface area contributed by atoms with Gasteiger partial charge >= 0.3 is 0 Å². The van der Waals surface area contributed by atoms with Crippen LogP contribution >= 0.6 is 0 Å². The third-order valence-corrected chi connectivity index (χ3v) is 1.13. The van der Waals surface area contributed by atoms with Gasteiger partial charge in [-0.15, -0.1) is 0 Å². The summed E-state index contributed by atoms with van der Waals surface area (Å²) in [5.41, 5.74) is 0.389. The highest BCUT2D eigenvalue weighted by Crippen LogP contribution is 1.89. The standard InChI is InChI=1S/C7H13NO3/c1-5(2)7(10)8-6(4-9)11-3/h6,9H,1,4H2,2-3H3,(H,8,10). The number of amides is 1. The first kappa shape index (κ1) is 10.1. The van der Waals surface area contributed by atoms with E-state index in [4.69, 9.17) is 9.84 Å². The average molecular weight is 159 g/mol. The van der Waals surface area contributed by atoms with Gasteiger partial charge in [0.25, 0.3) is 0 Å². The topological polar surface area (TPSA) is 58.6 Å². The van der Waals surface area contributed by atoms with Gasteiger partial charge in [-0.25, -0.2) is 0 Å². The van der Waals surface area contributed by atoms with Crippen LogP contribution in [0, 0.1) is 0 Å². The summed E-state index contributed by atoms with van der Waals surface area (Å²) < 4.78 is 4.70. The van der Waals surface area contributed by atoms with E-state index in [1.165, 1.54) is 7.11 Å². The number of aliphatic hydroxyl groups is 1. The first-order chi connectivity index (χ1) is 5.11. The van der Waals surface area contributed by atoms with Crippen LogP contribution in [-0.2, 0) is 9.53 Å². The molecule has 0 saturated carbocycles. The van der Waals surface area contributed by atoms with Crippen molar-refractivity contribution < 1.29 is 14.6 Å². The van der Waals surface area contributed by atoms with Crippen molar-refractivity contribution in [3.05, 3.63) is 12.2 Å². The van der Waals surface area contributed by atoms with Gasteiger partial charge in [0.15, 0.2) is 6.23 Å². The minimum absolute atomic E-state index is 0.241. The fraction of sp³-hybridized carbons (Fsp3) is 0.571. The molecule has 1 amide bonds. The summed E-state index contributed by atoms with van der Waals surface area (Å²) in [4.78, 5) is 10.9. The number of hydrogen-bond acceptors (Lipinski definition) is 3. The van der Waals surface area contributed by atoms with E-state index >= 15 is 0 Å². The normalized spacial score (nSPS) is 12.3. The number of hydrogen-bond donors (Lipinski definition) is 2. The zero-order valence-corrected chi connectivity index (χ0v) is 6.76. The zero-order valence-electron chi connectivity index (χ0n) is 6.76. The maximum absolute atomic E-state index is 10.9. The predicted octanol–water partition coefficient (Wildman–Crippen LogP) is -0.357. The Hall–Kier alpha value is -0.870. The molecule has 0 radical (unpaired) electrons. The maximum atomic E-state index is 10.9. The van der Waals surface area contributed by atoms with E-state index in [9.17, 15) is 4.79 Å². The molecule has 1 atom stereocenters. The van der Waals surface area contributed by atoms with Crippen molar-refractivity contribution in [2.45, 2.75) is 13.2 Å². The van der Waals surface area contributed by atoms with Gasteiger partial charge in [-0.3, -0.25) is 4.79 Å². The Morgan fingerprint density at radius 1 is 1.82 bits per heavy atom. The first-order valence-corrected chi connectivity index (χ1v) is 3.21. The van der Waals surface area contributed by atoms with E-state index in [0.717, 1.165) is 0 Å². The van der Waals surface area contributed by atoms with Crippen LogP contribution < -0.4 is 5.32 Å². The number of rotatable bonds is 4. The van der Waals surface area contributed by atoms with Crippen LogP contribution in [-0.4, -0.2) is 31.0 Å². The van der Waals surface area contributed by atoms with E-state index in [1.54, 1.807) is 6.92 Å². The number of ether oxygens (including phenoxy) is 1. The van der Waals surface area contributed by atoms with Crippen molar-refractivity contribution in [3.8, 4) is 0 Å². The molecule has 64 valence electrons. The van der Waals surface area contributed by atoms with Crippen LogP contribution in [0.5, 0.6) is 0 Å². The van der Waals surface area contributed by atoms with Crippen LogP contribution in [0.3, 0.4) is 0 Å². The van der Waals surface area contributed by atoms with Gasteiger partial charge in [0.05, 0.1) is 6.61 Å². The molecule has 0 spiro atoms. The SMILES string of the molecule is C=C(C)C(=O)NC(CO)OC.